The molecule has 0 aliphatic rings. The zero-order valence-electron chi connectivity index (χ0n) is 9.86. The summed E-state index contributed by atoms with van der Waals surface area (Å²) in [6.45, 7) is 1.08. The second kappa shape index (κ2) is 1220. The topological polar surface area (TPSA) is 510 Å². The Hall–Kier alpha value is -1.13. The smallest absolute Gasteiger partial charge is 0.300 e. The SMILES string of the molecule is CC(=O)O.O.O.O.O.O.O.O.O.O.O.O.O.O.O.O. The molecule has 0 saturated carbocycles. The molecule has 0 aliphatic heterocycles. The molecule has 0 amide bonds. The zero-order valence-corrected chi connectivity index (χ0v) is 9.86. The van der Waals surface area contributed by atoms with Crippen molar-refractivity contribution in [2.75, 3.05) is 0 Å². The molecule has 0 unspecified atom stereocenters. The quantitative estimate of drug-likeness (QED) is 0.451. The minimum atomic E-state index is -0.833. The Labute approximate surface area is 106 Å². The van der Waals surface area contributed by atoms with Gasteiger partial charge in [-0.1, -0.05) is 0 Å². The molecule has 0 radical (unpaired) electrons. The van der Waals surface area contributed by atoms with Gasteiger partial charge in [0, 0.05) is 6.92 Å². The summed E-state index contributed by atoms with van der Waals surface area (Å²) < 4.78 is 0. The highest BCUT2D eigenvalue weighted by atomic mass is 16.4. The Morgan fingerprint density at radius 3 is 0.474 bits per heavy atom. The molecule has 0 aromatic heterocycles. The highest BCUT2D eigenvalue weighted by molar-refractivity contribution is 5.62. The number of aliphatic carboxylic acids is 1. The van der Waals surface area contributed by atoms with Gasteiger partial charge in [0.1, 0.15) is 0 Å². The summed E-state index contributed by atoms with van der Waals surface area (Å²) in [4.78, 5) is 9.00. The molecule has 19 heavy (non-hydrogen) atoms. The van der Waals surface area contributed by atoms with Crippen LogP contribution in [0.5, 0.6) is 0 Å². The Balaban J connectivity index is -0.000000000429. The first-order valence-corrected chi connectivity index (χ1v) is 0.928. The Morgan fingerprint density at radius 2 is 0.474 bits per heavy atom. The first-order chi connectivity index (χ1) is 1.73. The zero-order chi connectivity index (χ0) is 3.58. The largest absolute Gasteiger partial charge is 0.481 e. The highest BCUT2D eigenvalue weighted by Crippen LogP contribution is 1.42. The van der Waals surface area contributed by atoms with E-state index >= 15 is 0 Å². The fraction of sp³-hybridized carbons (Fsp3) is 0.500. The molecule has 0 atom stereocenters. The molecule has 31 N–H and O–H groups in total. The predicted molar refractivity (Wildman–Crippen MR) is 67.5 cm³/mol. The summed E-state index contributed by atoms with van der Waals surface area (Å²) in [6, 6.07) is 0. The Morgan fingerprint density at radius 1 is 0.474 bits per heavy atom. The van der Waals surface area contributed by atoms with E-state index in [1.165, 1.54) is 0 Å². The average molecular weight is 330 g/mol. The third-order valence-corrected chi connectivity index (χ3v) is 0. The number of hydrogen-bond acceptors (Lipinski definition) is 1. The van der Waals surface area contributed by atoms with Crippen molar-refractivity contribution in [3.63, 3.8) is 0 Å². The highest BCUT2D eigenvalue weighted by Gasteiger charge is 1.65. The van der Waals surface area contributed by atoms with Gasteiger partial charge in [0.15, 0.2) is 0 Å². The van der Waals surface area contributed by atoms with Gasteiger partial charge in [0.05, 0.1) is 0 Å². The van der Waals surface area contributed by atoms with Gasteiger partial charge < -0.3 is 87.2 Å². The fourth-order valence-electron chi connectivity index (χ4n) is 0. The normalized spacial score (nSPS) is 1.32. The fourth-order valence-corrected chi connectivity index (χ4v) is 0. The molecular weight excluding hydrogens is 296 g/mol. The van der Waals surface area contributed by atoms with Crippen LogP contribution in [0.4, 0.5) is 0 Å². The predicted octanol–water partition coefficient (Wildman–Crippen LogP) is -12.3. The van der Waals surface area contributed by atoms with Crippen LogP contribution in [0.2, 0.25) is 0 Å². The monoisotopic (exact) mass is 330 g/mol. The van der Waals surface area contributed by atoms with Crippen LogP contribution in [-0.4, -0.2) is 93.2 Å². The summed E-state index contributed by atoms with van der Waals surface area (Å²) in [7, 11) is 0. The molecule has 0 bridgehead atoms. The molecule has 0 rings (SSSR count). The van der Waals surface area contributed by atoms with Crippen LogP contribution in [0.1, 0.15) is 6.92 Å². The van der Waals surface area contributed by atoms with E-state index in [0.717, 1.165) is 6.92 Å². The molecule has 0 aromatic carbocycles. The molecule has 0 heterocycles. The van der Waals surface area contributed by atoms with Crippen molar-refractivity contribution in [2.45, 2.75) is 6.92 Å². The van der Waals surface area contributed by atoms with Crippen LogP contribution < -0.4 is 0 Å². The molecule has 0 fully saturated rings. The third kappa shape index (κ3) is 2920. The van der Waals surface area contributed by atoms with Gasteiger partial charge in [-0.15, -0.1) is 0 Å². The third-order valence-electron chi connectivity index (χ3n) is 0. The van der Waals surface area contributed by atoms with Gasteiger partial charge in [-0.3, -0.25) is 4.79 Å². The van der Waals surface area contributed by atoms with E-state index in [1.807, 2.05) is 0 Å². The Bertz CT molecular complexity index is 32.2. The van der Waals surface area contributed by atoms with Crippen LogP contribution in [0.15, 0.2) is 0 Å². The number of carboxylic acids is 1. The van der Waals surface area contributed by atoms with Crippen LogP contribution in [0, 0.1) is 0 Å². The van der Waals surface area contributed by atoms with E-state index in [-0.39, 0.29) is 82.1 Å². The molecule has 144 valence electrons. The number of rotatable bonds is 0. The van der Waals surface area contributed by atoms with E-state index in [0.29, 0.717) is 0 Å². The van der Waals surface area contributed by atoms with Crippen molar-refractivity contribution in [2.24, 2.45) is 0 Å². The van der Waals surface area contributed by atoms with Crippen molar-refractivity contribution in [1.82, 2.24) is 0 Å². The van der Waals surface area contributed by atoms with Crippen LogP contribution in [0.3, 0.4) is 0 Å². The Kier molecular flexibility index (Phi) is 93000. The van der Waals surface area contributed by atoms with Gasteiger partial charge in [-0.2, -0.15) is 0 Å². The lowest BCUT2D eigenvalue weighted by Crippen LogP contribution is -1.78. The van der Waals surface area contributed by atoms with Gasteiger partial charge >= 0.3 is 0 Å². The first kappa shape index (κ1) is 1450. The summed E-state index contributed by atoms with van der Waals surface area (Å²) >= 11 is 0. The van der Waals surface area contributed by atoms with Crippen LogP contribution in [-0.2, 0) is 4.79 Å². The van der Waals surface area contributed by atoms with Gasteiger partial charge in [0.2, 0.25) is 0 Å². The number of carbonyl (C=O) groups is 1. The first-order valence-electron chi connectivity index (χ1n) is 0.928. The minimum Gasteiger partial charge on any atom is -0.481 e. The molecule has 17 heteroatoms. The van der Waals surface area contributed by atoms with Crippen molar-refractivity contribution < 1.29 is 92.0 Å². The van der Waals surface area contributed by atoms with Crippen LogP contribution in [0.25, 0.3) is 0 Å². The van der Waals surface area contributed by atoms with Crippen molar-refractivity contribution in [1.29, 1.82) is 0 Å². The van der Waals surface area contributed by atoms with Crippen molar-refractivity contribution in [3.8, 4) is 0 Å². The molecule has 0 spiro atoms. The molecule has 0 saturated heterocycles. The van der Waals surface area contributed by atoms with Crippen LogP contribution >= 0.6 is 0 Å². The van der Waals surface area contributed by atoms with Gasteiger partial charge in [0.25, 0.3) is 5.97 Å². The summed E-state index contributed by atoms with van der Waals surface area (Å²) in [6.07, 6.45) is 0. The maximum atomic E-state index is 9.00. The van der Waals surface area contributed by atoms with E-state index < -0.39 is 5.97 Å². The van der Waals surface area contributed by atoms with Crippen molar-refractivity contribution in [3.05, 3.63) is 0 Å². The lowest BCUT2D eigenvalue weighted by atomic mass is 10.9. The maximum absolute atomic E-state index is 9.00. The maximum Gasteiger partial charge on any atom is 0.300 e. The molecule has 17 nitrogen and oxygen atoms in total. The van der Waals surface area contributed by atoms with Gasteiger partial charge in [-0.05, 0) is 0 Å². The summed E-state index contributed by atoms with van der Waals surface area (Å²) in [5, 5.41) is 7.42. The molecule has 0 aromatic rings. The average Bonchev–Trinajstić information content (AvgIpc) is 0.811. The number of carboxylic acid groups (broad SMARTS) is 1. The summed E-state index contributed by atoms with van der Waals surface area (Å²) in [5.41, 5.74) is 0. The second-order valence-electron chi connectivity index (χ2n) is 0.519. The van der Waals surface area contributed by atoms with E-state index in [4.69, 9.17) is 9.90 Å². The van der Waals surface area contributed by atoms with E-state index in [1.54, 1.807) is 0 Å². The summed E-state index contributed by atoms with van der Waals surface area (Å²) in [5.74, 6) is -0.833. The molecular formula is C2H34O17. The lowest BCUT2D eigenvalue weighted by molar-refractivity contribution is -0.134. The van der Waals surface area contributed by atoms with E-state index in [9.17, 15) is 0 Å². The second-order valence-corrected chi connectivity index (χ2v) is 0.519. The standard InChI is InChI=1S/C2H4O2.15H2O/c1-2(3)4;;;;;;;;;;;;;;;/h1H3,(H,3,4);15*1H2. The minimum absolute atomic E-state index is 0. The lowest BCUT2D eigenvalue weighted by Gasteiger charge is -1.59. The number of hydrogen-bond donors (Lipinski definition) is 1. The van der Waals surface area contributed by atoms with Crippen molar-refractivity contribution >= 4 is 5.97 Å². The van der Waals surface area contributed by atoms with E-state index in [2.05, 4.69) is 0 Å². The van der Waals surface area contributed by atoms with Gasteiger partial charge in [-0.25, -0.2) is 0 Å². The molecule has 0 aliphatic carbocycles.